The van der Waals surface area contributed by atoms with Crippen LogP contribution in [0.4, 0.5) is 5.13 Å². The standard InChI is InChI=1S/C16H20N4O4S2/c1-19(2)26(22,23)20-8-7-13-14(10-20)25-16(17-13)18-15(21)11-5-4-6-12(9-11)24-3/h4-6,9H,7-8,10H2,1-3H3,(H,17,18,21). The molecule has 1 aliphatic heterocycles. The zero-order valence-corrected chi connectivity index (χ0v) is 16.4. The molecule has 1 aromatic carbocycles. The van der Waals surface area contributed by atoms with E-state index in [-0.39, 0.29) is 12.5 Å². The van der Waals surface area contributed by atoms with Crippen molar-refractivity contribution < 1.29 is 17.9 Å². The first-order valence-electron chi connectivity index (χ1n) is 7.93. The van der Waals surface area contributed by atoms with Gasteiger partial charge >= 0.3 is 0 Å². The van der Waals surface area contributed by atoms with Gasteiger partial charge in [-0.3, -0.25) is 10.1 Å². The number of hydrogen-bond acceptors (Lipinski definition) is 6. The lowest BCUT2D eigenvalue weighted by Crippen LogP contribution is -2.42. The van der Waals surface area contributed by atoms with Gasteiger partial charge in [0, 0.05) is 37.5 Å². The average molecular weight is 396 g/mol. The van der Waals surface area contributed by atoms with Crippen LogP contribution in [0.2, 0.25) is 0 Å². The molecule has 1 N–H and O–H groups in total. The van der Waals surface area contributed by atoms with E-state index in [1.165, 1.54) is 34.0 Å². The molecule has 0 radical (unpaired) electrons. The zero-order valence-electron chi connectivity index (χ0n) is 14.7. The minimum absolute atomic E-state index is 0.266. The Morgan fingerprint density at radius 2 is 2.15 bits per heavy atom. The molecule has 0 aliphatic carbocycles. The number of fused-ring (bicyclic) bond motifs is 1. The van der Waals surface area contributed by atoms with Crippen molar-refractivity contribution >= 4 is 32.6 Å². The number of anilines is 1. The van der Waals surface area contributed by atoms with Crippen LogP contribution in [0.3, 0.4) is 0 Å². The van der Waals surface area contributed by atoms with E-state index < -0.39 is 10.2 Å². The Balaban J connectivity index is 1.75. The van der Waals surface area contributed by atoms with Crippen molar-refractivity contribution in [2.24, 2.45) is 0 Å². The summed E-state index contributed by atoms with van der Waals surface area (Å²) in [6, 6.07) is 6.84. The molecule has 0 atom stereocenters. The van der Waals surface area contributed by atoms with Gasteiger partial charge in [0.25, 0.3) is 16.1 Å². The number of benzene rings is 1. The largest absolute Gasteiger partial charge is 0.497 e. The van der Waals surface area contributed by atoms with Crippen molar-refractivity contribution in [2.75, 3.05) is 33.1 Å². The number of ether oxygens (including phenoxy) is 1. The van der Waals surface area contributed by atoms with Crippen LogP contribution < -0.4 is 10.1 Å². The lowest BCUT2D eigenvalue weighted by molar-refractivity contribution is 0.102. The molecule has 140 valence electrons. The van der Waals surface area contributed by atoms with Gasteiger partial charge in [-0.1, -0.05) is 6.07 Å². The number of thiazole rings is 1. The molecule has 3 rings (SSSR count). The summed E-state index contributed by atoms with van der Waals surface area (Å²) < 4.78 is 32.3. The quantitative estimate of drug-likeness (QED) is 0.828. The molecule has 2 aromatic rings. The molecule has 0 spiro atoms. The maximum Gasteiger partial charge on any atom is 0.281 e. The molecule has 0 saturated carbocycles. The zero-order chi connectivity index (χ0) is 18.9. The van der Waals surface area contributed by atoms with Gasteiger partial charge in [-0.25, -0.2) is 4.98 Å². The van der Waals surface area contributed by atoms with Crippen LogP contribution in [-0.4, -0.2) is 55.7 Å². The highest BCUT2D eigenvalue weighted by Gasteiger charge is 2.30. The van der Waals surface area contributed by atoms with Gasteiger partial charge in [0.15, 0.2) is 5.13 Å². The van der Waals surface area contributed by atoms with Crippen LogP contribution >= 0.6 is 11.3 Å². The summed E-state index contributed by atoms with van der Waals surface area (Å²) in [5.41, 5.74) is 1.30. The van der Waals surface area contributed by atoms with E-state index in [1.54, 1.807) is 31.4 Å². The second-order valence-corrected chi connectivity index (χ2v) is 9.17. The first-order valence-corrected chi connectivity index (χ1v) is 10.1. The Kier molecular flexibility index (Phi) is 5.28. The minimum atomic E-state index is -3.46. The normalized spacial score (nSPS) is 14.9. The van der Waals surface area contributed by atoms with Gasteiger partial charge in [-0.15, -0.1) is 11.3 Å². The Labute approximate surface area is 156 Å². The number of nitrogens with zero attached hydrogens (tertiary/aromatic N) is 3. The van der Waals surface area contributed by atoms with Crippen molar-refractivity contribution in [1.82, 2.24) is 13.6 Å². The van der Waals surface area contributed by atoms with Gasteiger partial charge in [0.05, 0.1) is 19.3 Å². The Hall–Kier alpha value is -2.01. The fraction of sp³-hybridized carbons (Fsp3) is 0.375. The van der Waals surface area contributed by atoms with E-state index >= 15 is 0 Å². The third-order valence-electron chi connectivity index (χ3n) is 4.04. The fourth-order valence-corrected chi connectivity index (χ4v) is 4.76. The molecule has 1 amide bonds. The molecular formula is C16H20N4O4S2. The molecule has 2 heterocycles. The third-order valence-corrected chi connectivity index (χ3v) is 6.92. The van der Waals surface area contributed by atoms with E-state index in [1.807, 2.05) is 0 Å². The van der Waals surface area contributed by atoms with Crippen LogP contribution in [0.15, 0.2) is 24.3 Å². The number of carbonyl (C=O) groups is 1. The first kappa shape index (κ1) is 18.8. The second-order valence-electron chi connectivity index (χ2n) is 5.95. The lowest BCUT2D eigenvalue weighted by Gasteiger charge is -2.27. The Bertz CT molecular complexity index is 924. The predicted molar refractivity (Wildman–Crippen MR) is 99.8 cm³/mol. The van der Waals surface area contributed by atoms with Gasteiger partial charge < -0.3 is 4.74 Å². The number of nitrogens with one attached hydrogen (secondary N) is 1. The van der Waals surface area contributed by atoms with E-state index in [0.29, 0.717) is 29.4 Å². The highest BCUT2D eigenvalue weighted by molar-refractivity contribution is 7.86. The molecule has 8 nitrogen and oxygen atoms in total. The summed E-state index contributed by atoms with van der Waals surface area (Å²) in [7, 11) is 1.10. The molecule has 0 fully saturated rings. The van der Waals surface area contributed by atoms with E-state index in [4.69, 9.17) is 4.74 Å². The summed E-state index contributed by atoms with van der Waals surface area (Å²) in [6.45, 7) is 0.642. The smallest absolute Gasteiger partial charge is 0.281 e. The van der Waals surface area contributed by atoms with Gasteiger partial charge in [0.1, 0.15) is 5.75 Å². The number of methoxy groups -OCH3 is 1. The molecule has 0 unspecified atom stereocenters. The number of carbonyl (C=O) groups excluding carboxylic acids is 1. The van der Waals surface area contributed by atoms with Crippen molar-refractivity contribution in [3.8, 4) is 5.75 Å². The average Bonchev–Trinajstić information content (AvgIpc) is 3.02. The molecule has 26 heavy (non-hydrogen) atoms. The highest BCUT2D eigenvalue weighted by Crippen LogP contribution is 2.30. The third kappa shape index (κ3) is 3.73. The molecule has 0 saturated heterocycles. The van der Waals surface area contributed by atoms with Gasteiger partial charge in [-0.2, -0.15) is 17.0 Å². The summed E-state index contributed by atoms with van der Waals surface area (Å²) in [4.78, 5) is 17.7. The maximum atomic E-state index is 12.4. The van der Waals surface area contributed by atoms with Crippen molar-refractivity contribution in [3.63, 3.8) is 0 Å². The van der Waals surface area contributed by atoms with Gasteiger partial charge in [0.2, 0.25) is 0 Å². The Morgan fingerprint density at radius 3 is 2.85 bits per heavy atom. The predicted octanol–water partition coefficient (Wildman–Crippen LogP) is 1.57. The molecular weight excluding hydrogens is 376 g/mol. The maximum absolute atomic E-state index is 12.4. The molecule has 1 aromatic heterocycles. The summed E-state index contributed by atoms with van der Waals surface area (Å²) >= 11 is 1.30. The first-order chi connectivity index (χ1) is 12.3. The summed E-state index contributed by atoms with van der Waals surface area (Å²) in [5.74, 6) is 0.313. The molecule has 1 aliphatic rings. The van der Waals surface area contributed by atoms with E-state index in [0.717, 1.165) is 10.6 Å². The summed E-state index contributed by atoms with van der Waals surface area (Å²) in [6.07, 6.45) is 0.522. The molecule has 0 bridgehead atoms. The number of hydrogen-bond donors (Lipinski definition) is 1. The minimum Gasteiger partial charge on any atom is -0.497 e. The second kappa shape index (κ2) is 7.31. The van der Waals surface area contributed by atoms with Gasteiger partial charge in [-0.05, 0) is 18.2 Å². The lowest BCUT2D eigenvalue weighted by atomic mass is 10.2. The van der Waals surface area contributed by atoms with Crippen LogP contribution in [-0.2, 0) is 23.2 Å². The van der Waals surface area contributed by atoms with Crippen LogP contribution in [0, 0.1) is 0 Å². The number of rotatable bonds is 5. The van der Waals surface area contributed by atoms with E-state index in [9.17, 15) is 13.2 Å². The van der Waals surface area contributed by atoms with Crippen molar-refractivity contribution in [3.05, 3.63) is 40.4 Å². The topological polar surface area (TPSA) is 91.8 Å². The SMILES string of the molecule is COc1cccc(C(=O)Nc2nc3c(s2)CN(S(=O)(=O)N(C)C)CC3)c1. The number of aromatic nitrogens is 1. The fourth-order valence-electron chi connectivity index (χ4n) is 2.59. The van der Waals surface area contributed by atoms with Crippen molar-refractivity contribution in [2.45, 2.75) is 13.0 Å². The van der Waals surface area contributed by atoms with E-state index in [2.05, 4.69) is 10.3 Å². The van der Waals surface area contributed by atoms with Crippen LogP contribution in [0.1, 0.15) is 20.9 Å². The number of amides is 1. The van der Waals surface area contributed by atoms with Crippen LogP contribution in [0.5, 0.6) is 5.75 Å². The monoisotopic (exact) mass is 396 g/mol. The highest BCUT2D eigenvalue weighted by atomic mass is 32.2. The van der Waals surface area contributed by atoms with Crippen molar-refractivity contribution in [1.29, 1.82) is 0 Å². The summed E-state index contributed by atoms with van der Waals surface area (Å²) in [5, 5.41) is 3.24. The van der Waals surface area contributed by atoms with Crippen LogP contribution in [0.25, 0.3) is 0 Å². The molecule has 10 heteroatoms. The Morgan fingerprint density at radius 1 is 1.38 bits per heavy atom.